The number of rotatable bonds is 4. The summed E-state index contributed by atoms with van der Waals surface area (Å²) in [6.45, 7) is 0. The molecule has 0 radical (unpaired) electrons. The van der Waals surface area contributed by atoms with Gasteiger partial charge in [0, 0.05) is 20.2 Å². The van der Waals surface area contributed by atoms with Gasteiger partial charge in [0.15, 0.2) is 0 Å². The van der Waals surface area contributed by atoms with Crippen molar-refractivity contribution in [3.63, 3.8) is 0 Å². The largest absolute Gasteiger partial charge is 0.135 e. The number of hydrogen-bond donors (Lipinski definition) is 0. The van der Waals surface area contributed by atoms with Gasteiger partial charge in [-0.05, 0) is 95.0 Å². The highest BCUT2D eigenvalue weighted by atomic mass is 32.1. The lowest BCUT2D eigenvalue weighted by atomic mass is 9.83. The predicted octanol–water partition coefficient (Wildman–Crippen LogP) is 14.2. The molecule has 0 aliphatic carbocycles. The van der Waals surface area contributed by atoms with Crippen molar-refractivity contribution >= 4 is 63.8 Å². The first-order chi connectivity index (χ1) is 24.3. The van der Waals surface area contributed by atoms with Crippen LogP contribution in [0.4, 0.5) is 0 Å². The third kappa shape index (κ3) is 4.51. The van der Waals surface area contributed by atoms with Crippen molar-refractivity contribution in [2.24, 2.45) is 0 Å². The molecule has 10 aromatic rings. The Morgan fingerprint density at radius 1 is 0.286 bits per heavy atom. The van der Waals surface area contributed by atoms with Gasteiger partial charge in [0.1, 0.15) is 0 Å². The van der Waals surface area contributed by atoms with E-state index in [0.29, 0.717) is 0 Å². The van der Waals surface area contributed by atoms with Crippen LogP contribution < -0.4 is 0 Å². The molecule has 0 nitrogen and oxygen atoms in total. The Kier molecular flexibility index (Phi) is 6.47. The molecule has 0 saturated carbocycles. The second-order valence-electron chi connectivity index (χ2n) is 12.8. The average molecular weight is 639 g/mol. The lowest BCUT2D eigenvalue weighted by molar-refractivity contribution is 1.62. The van der Waals surface area contributed by atoms with Crippen molar-refractivity contribution in [2.75, 3.05) is 0 Å². The molecule has 9 aromatic carbocycles. The molecule has 1 heterocycles. The van der Waals surface area contributed by atoms with Gasteiger partial charge in [-0.15, -0.1) is 11.3 Å². The van der Waals surface area contributed by atoms with E-state index < -0.39 is 0 Å². The zero-order chi connectivity index (χ0) is 32.3. The molecule has 0 atom stereocenters. The van der Waals surface area contributed by atoms with Crippen molar-refractivity contribution in [1.82, 2.24) is 0 Å². The molecule has 10 rings (SSSR count). The second-order valence-corrected chi connectivity index (χ2v) is 13.9. The van der Waals surface area contributed by atoms with Crippen molar-refractivity contribution in [2.45, 2.75) is 0 Å². The highest BCUT2D eigenvalue weighted by Crippen LogP contribution is 2.47. The normalized spacial score (nSPS) is 11.7. The fourth-order valence-corrected chi connectivity index (χ4v) is 9.09. The fraction of sp³-hybridized carbons (Fsp3) is 0. The van der Waals surface area contributed by atoms with Gasteiger partial charge in [-0.3, -0.25) is 0 Å². The van der Waals surface area contributed by atoms with Crippen LogP contribution in [-0.2, 0) is 0 Å². The van der Waals surface area contributed by atoms with Gasteiger partial charge >= 0.3 is 0 Å². The van der Waals surface area contributed by atoms with Crippen LogP contribution in [0.25, 0.3) is 97.0 Å². The van der Waals surface area contributed by atoms with Crippen LogP contribution in [0.5, 0.6) is 0 Å². The zero-order valence-corrected chi connectivity index (χ0v) is 27.5. The van der Waals surface area contributed by atoms with Gasteiger partial charge in [-0.2, -0.15) is 0 Å². The first-order valence-electron chi connectivity index (χ1n) is 16.8. The smallest absolute Gasteiger partial charge is 0.0433 e. The van der Waals surface area contributed by atoms with E-state index in [1.165, 1.54) is 97.0 Å². The first-order valence-corrected chi connectivity index (χ1v) is 17.7. The Balaban J connectivity index is 1.25. The average Bonchev–Trinajstić information content (AvgIpc) is 3.56. The van der Waals surface area contributed by atoms with Crippen molar-refractivity contribution in [3.8, 4) is 44.5 Å². The highest BCUT2D eigenvalue weighted by molar-refractivity contribution is 7.26. The minimum absolute atomic E-state index is 1.22. The Bertz CT molecular complexity index is 2870. The molecular formula is C48H30S. The highest BCUT2D eigenvalue weighted by Gasteiger charge is 2.19. The summed E-state index contributed by atoms with van der Waals surface area (Å²) in [5, 5.41) is 10.3. The van der Waals surface area contributed by atoms with Gasteiger partial charge in [-0.1, -0.05) is 164 Å². The molecule has 0 fully saturated rings. The maximum Gasteiger partial charge on any atom is 0.0433 e. The minimum Gasteiger partial charge on any atom is -0.135 e. The van der Waals surface area contributed by atoms with E-state index in [9.17, 15) is 0 Å². The molecule has 49 heavy (non-hydrogen) atoms. The summed E-state index contributed by atoms with van der Waals surface area (Å²) < 4.78 is 2.68. The number of fused-ring (bicyclic) bond motifs is 6. The summed E-state index contributed by atoms with van der Waals surface area (Å²) in [6.07, 6.45) is 0. The number of benzene rings is 9. The maximum absolute atomic E-state index is 2.43. The van der Waals surface area contributed by atoms with Crippen LogP contribution in [0.3, 0.4) is 0 Å². The predicted molar refractivity (Wildman–Crippen MR) is 214 cm³/mol. The number of thiophene rings is 1. The van der Waals surface area contributed by atoms with Gasteiger partial charge in [0.2, 0.25) is 0 Å². The van der Waals surface area contributed by atoms with E-state index in [0.717, 1.165) is 0 Å². The Morgan fingerprint density at radius 2 is 0.857 bits per heavy atom. The summed E-state index contributed by atoms with van der Waals surface area (Å²) >= 11 is 1.89. The quantitative estimate of drug-likeness (QED) is 0.168. The van der Waals surface area contributed by atoms with Crippen molar-refractivity contribution in [3.05, 3.63) is 182 Å². The van der Waals surface area contributed by atoms with Crippen molar-refractivity contribution < 1.29 is 0 Å². The monoisotopic (exact) mass is 638 g/mol. The lowest BCUT2D eigenvalue weighted by Gasteiger charge is -2.20. The van der Waals surface area contributed by atoms with Gasteiger partial charge in [0.05, 0.1) is 0 Å². The third-order valence-electron chi connectivity index (χ3n) is 10.1. The van der Waals surface area contributed by atoms with Crippen LogP contribution in [0.2, 0.25) is 0 Å². The van der Waals surface area contributed by atoms with Gasteiger partial charge < -0.3 is 0 Å². The van der Waals surface area contributed by atoms with E-state index in [1.807, 2.05) is 11.3 Å². The molecule has 0 amide bonds. The molecule has 228 valence electrons. The van der Waals surface area contributed by atoms with E-state index in [4.69, 9.17) is 0 Å². The molecule has 0 saturated heterocycles. The Labute approximate surface area is 289 Å². The van der Waals surface area contributed by atoms with E-state index >= 15 is 0 Å². The van der Waals surface area contributed by atoms with Crippen LogP contribution >= 0.6 is 11.3 Å². The van der Waals surface area contributed by atoms with Crippen LogP contribution in [-0.4, -0.2) is 0 Å². The van der Waals surface area contributed by atoms with Crippen LogP contribution in [0.1, 0.15) is 0 Å². The van der Waals surface area contributed by atoms with E-state index in [-0.39, 0.29) is 0 Å². The molecule has 0 N–H and O–H groups in total. The minimum atomic E-state index is 1.22. The summed E-state index contributed by atoms with van der Waals surface area (Å²) in [6, 6.07) is 67.0. The second kappa shape index (κ2) is 11.3. The van der Waals surface area contributed by atoms with Crippen molar-refractivity contribution in [1.29, 1.82) is 0 Å². The first kappa shape index (κ1) is 28.0. The van der Waals surface area contributed by atoms with Crippen LogP contribution in [0, 0.1) is 0 Å². The lowest BCUT2D eigenvalue weighted by Crippen LogP contribution is -1.92. The topological polar surface area (TPSA) is 0 Å². The molecule has 0 aliphatic heterocycles. The summed E-state index contributed by atoms with van der Waals surface area (Å²) in [5.74, 6) is 0. The van der Waals surface area contributed by atoms with Gasteiger partial charge in [0.25, 0.3) is 0 Å². The molecule has 1 heteroatoms. The molecule has 0 unspecified atom stereocenters. The summed E-state index contributed by atoms with van der Waals surface area (Å²) in [5.41, 5.74) is 10.0. The molecule has 1 aromatic heterocycles. The summed E-state index contributed by atoms with van der Waals surface area (Å²) in [7, 11) is 0. The third-order valence-corrected chi connectivity index (χ3v) is 11.3. The standard InChI is InChI=1S/C48H30S/c1-2-14-32(15-3-1)46-40-21-6-7-22-41(40)47(39-24-11-16-31-13-4-5-19-36(31)39)44-30-34(27-28-42(44)46)33-17-10-18-35(29-33)37-23-12-25-43-38-20-8-9-26-45(38)49-48(37)43/h1-30H. The Hall–Kier alpha value is -6.02. The van der Waals surface area contributed by atoms with Crippen LogP contribution in [0.15, 0.2) is 182 Å². The van der Waals surface area contributed by atoms with E-state index in [1.54, 1.807) is 0 Å². The van der Waals surface area contributed by atoms with Gasteiger partial charge in [-0.25, -0.2) is 0 Å². The number of hydrogen-bond acceptors (Lipinski definition) is 1. The maximum atomic E-state index is 2.43. The Morgan fingerprint density at radius 3 is 1.73 bits per heavy atom. The van der Waals surface area contributed by atoms with E-state index in [2.05, 4.69) is 182 Å². The fourth-order valence-electron chi connectivity index (χ4n) is 7.85. The SMILES string of the molecule is c1ccc(-c2c3ccccc3c(-c3cccc4ccccc34)c3cc(-c4cccc(-c5cccc6c5sc5ccccc56)c4)ccc23)cc1. The molecule has 0 aliphatic rings. The molecular weight excluding hydrogens is 609 g/mol. The molecule has 0 bridgehead atoms. The summed E-state index contributed by atoms with van der Waals surface area (Å²) in [4.78, 5) is 0. The molecule has 0 spiro atoms. The zero-order valence-electron chi connectivity index (χ0n) is 26.7.